The summed E-state index contributed by atoms with van der Waals surface area (Å²) in [7, 11) is 3.23. The van der Waals surface area contributed by atoms with Crippen molar-refractivity contribution in [2.24, 2.45) is 0 Å². The molecular formula is C18H17N3O2. The van der Waals surface area contributed by atoms with Gasteiger partial charge in [0.1, 0.15) is 11.4 Å². The van der Waals surface area contributed by atoms with Gasteiger partial charge in [0.15, 0.2) is 5.82 Å². The Hall–Kier alpha value is -2.95. The van der Waals surface area contributed by atoms with E-state index in [1.54, 1.807) is 20.3 Å². The van der Waals surface area contributed by atoms with Crippen LogP contribution >= 0.6 is 0 Å². The molecule has 0 aliphatic heterocycles. The largest absolute Gasteiger partial charge is 0.497 e. The first-order valence-corrected chi connectivity index (χ1v) is 7.21. The number of benzene rings is 1. The van der Waals surface area contributed by atoms with Crippen LogP contribution in [-0.2, 0) is 0 Å². The number of aromatic nitrogens is 3. The van der Waals surface area contributed by atoms with Gasteiger partial charge in [-0.15, -0.1) is 0 Å². The Labute approximate surface area is 135 Å². The fourth-order valence-electron chi connectivity index (χ4n) is 2.22. The van der Waals surface area contributed by atoms with Gasteiger partial charge in [0.25, 0.3) is 0 Å². The molecule has 3 aromatic rings. The van der Waals surface area contributed by atoms with E-state index in [-0.39, 0.29) is 0 Å². The molecule has 5 heteroatoms. The maximum Gasteiger partial charge on any atom is 0.217 e. The first-order chi connectivity index (χ1) is 11.2. The van der Waals surface area contributed by atoms with Gasteiger partial charge >= 0.3 is 0 Å². The monoisotopic (exact) mass is 307 g/mol. The Balaban J connectivity index is 2.08. The normalized spacial score (nSPS) is 10.4. The van der Waals surface area contributed by atoms with Crippen molar-refractivity contribution in [2.75, 3.05) is 14.2 Å². The summed E-state index contributed by atoms with van der Waals surface area (Å²) >= 11 is 0. The molecular weight excluding hydrogens is 290 g/mol. The molecule has 2 aromatic heterocycles. The average molecular weight is 307 g/mol. The molecule has 23 heavy (non-hydrogen) atoms. The predicted octanol–water partition coefficient (Wildman–Crippen LogP) is 3.53. The summed E-state index contributed by atoms with van der Waals surface area (Å²) in [4.78, 5) is 13.5. The fourth-order valence-corrected chi connectivity index (χ4v) is 2.22. The van der Waals surface area contributed by atoms with Crippen molar-refractivity contribution in [3.63, 3.8) is 0 Å². The Kier molecular flexibility index (Phi) is 4.19. The van der Waals surface area contributed by atoms with Crippen LogP contribution in [-0.4, -0.2) is 29.2 Å². The third kappa shape index (κ3) is 3.29. The summed E-state index contributed by atoms with van der Waals surface area (Å²) in [5.74, 6) is 1.85. The topological polar surface area (TPSA) is 57.1 Å². The van der Waals surface area contributed by atoms with E-state index in [4.69, 9.17) is 9.47 Å². The maximum atomic E-state index is 5.31. The minimum atomic E-state index is 0.504. The van der Waals surface area contributed by atoms with Crippen molar-refractivity contribution in [1.29, 1.82) is 0 Å². The zero-order valence-corrected chi connectivity index (χ0v) is 13.3. The number of ether oxygens (including phenoxy) is 2. The van der Waals surface area contributed by atoms with Gasteiger partial charge in [-0.3, -0.25) is 0 Å². The number of aryl methyl sites for hydroxylation is 1. The third-order valence-electron chi connectivity index (χ3n) is 3.41. The zero-order chi connectivity index (χ0) is 16.2. The molecule has 1 aromatic carbocycles. The van der Waals surface area contributed by atoms with Gasteiger partial charge in [-0.25, -0.2) is 9.97 Å². The summed E-state index contributed by atoms with van der Waals surface area (Å²) in [5.41, 5.74) is 3.37. The van der Waals surface area contributed by atoms with Crippen molar-refractivity contribution < 1.29 is 9.47 Å². The van der Waals surface area contributed by atoms with E-state index in [2.05, 4.69) is 15.0 Å². The van der Waals surface area contributed by atoms with Crippen LogP contribution in [0.4, 0.5) is 0 Å². The molecule has 0 atom stereocenters. The molecule has 0 aliphatic carbocycles. The Morgan fingerprint density at radius 2 is 1.57 bits per heavy atom. The second-order valence-corrected chi connectivity index (χ2v) is 5.01. The van der Waals surface area contributed by atoms with Crippen LogP contribution in [0.15, 0.2) is 48.5 Å². The van der Waals surface area contributed by atoms with E-state index >= 15 is 0 Å². The lowest BCUT2D eigenvalue weighted by molar-refractivity contribution is 0.397. The van der Waals surface area contributed by atoms with Crippen LogP contribution in [0.3, 0.4) is 0 Å². The summed E-state index contributed by atoms with van der Waals surface area (Å²) < 4.78 is 10.5. The lowest BCUT2D eigenvalue weighted by atomic mass is 10.1. The first kappa shape index (κ1) is 15.0. The molecule has 0 fully saturated rings. The van der Waals surface area contributed by atoms with E-state index < -0.39 is 0 Å². The Morgan fingerprint density at radius 3 is 2.22 bits per heavy atom. The Morgan fingerprint density at radius 1 is 0.783 bits per heavy atom. The molecule has 5 nitrogen and oxygen atoms in total. The SMILES string of the molecule is COc1ccc(-c2cc(OC)nc(-c3cccc(C)n3)n2)cc1. The van der Waals surface area contributed by atoms with Gasteiger partial charge in [-0.05, 0) is 43.3 Å². The summed E-state index contributed by atoms with van der Waals surface area (Å²) in [6.45, 7) is 1.94. The van der Waals surface area contributed by atoms with Crippen molar-refractivity contribution in [2.45, 2.75) is 6.92 Å². The van der Waals surface area contributed by atoms with E-state index in [1.165, 1.54) is 0 Å². The van der Waals surface area contributed by atoms with E-state index in [9.17, 15) is 0 Å². The van der Waals surface area contributed by atoms with Crippen LogP contribution < -0.4 is 9.47 Å². The molecule has 0 saturated heterocycles. The predicted molar refractivity (Wildman–Crippen MR) is 88.5 cm³/mol. The van der Waals surface area contributed by atoms with Gasteiger partial charge in [0.05, 0.1) is 19.9 Å². The van der Waals surface area contributed by atoms with Crippen LogP contribution in [0.25, 0.3) is 22.8 Å². The highest BCUT2D eigenvalue weighted by Crippen LogP contribution is 2.26. The maximum absolute atomic E-state index is 5.31. The molecule has 116 valence electrons. The minimum absolute atomic E-state index is 0.504. The molecule has 0 amide bonds. The quantitative estimate of drug-likeness (QED) is 0.738. The van der Waals surface area contributed by atoms with Gasteiger partial charge in [0, 0.05) is 17.3 Å². The lowest BCUT2D eigenvalue weighted by Crippen LogP contribution is -1.98. The molecule has 3 rings (SSSR count). The minimum Gasteiger partial charge on any atom is -0.497 e. The van der Waals surface area contributed by atoms with E-state index in [0.717, 1.165) is 28.4 Å². The fraction of sp³-hybridized carbons (Fsp3) is 0.167. The zero-order valence-electron chi connectivity index (χ0n) is 13.3. The lowest BCUT2D eigenvalue weighted by Gasteiger charge is -2.08. The molecule has 0 spiro atoms. The number of pyridine rings is 1. The third-order valence-corrected chi connectivity index (χ3v) is 3.41. The van der Waals surface area contributed by atoms with Gasteiger partial charge in [-0.1, -0.05) is 6.07 Å². The standard InChI is InChI=1S/C18H17N3O2/c1-12-5-4-6-15(19-12)18-20-16(11-17(21-18)23-3)13-7-9-14(22-2)10-8-13/h4-11H,1-3H3. The van der Waals surface area contributed by atoms with Crippen molar-refractivity contribution in [3.8, 4) is 34.4 Å². The van der Waals surface area contributed by atoms with Gasteiger partial charge < -0.3 is 9.47 Å². The highest BCUT2D eigenvalue weighted by Gasteiger charge is 2.10. The molecule has 0 aliphatic rings. The number of methoxy groups -OCH3 is 2. The number of hydrogen-bond acceptors (Lipinski definition) is 5. The van der Waals surface area contributed by atoms with Crippen LogP contribution in [0.1, 0.15) is 5.69 Å². The Bertz CT molecular complexity index is 817. The van der Waals surface area contributed by atoms with E-state index in [0.29, 0.717) is 11.7 Å². The average Bonchev–Trinajstić information content (AvgIpc) is 2.61. The van der Waals surface area contributed by atoms with Gasteiger partial charge in [0.2, 0.25) is 5.88 Å². The summed E-state index contributed by atoms with van der Waals surface area (Å²) in [5, 5.41) is 0. The summed E-state index contributed by atoms with van der Waals surface area (Å²) in [6.07, 6.45) is 0. The van der Waals surface area contributed by atoms with Gasteiger partial charge in [-0.2, -0.15) is 4.98 Å². The van der Waals surface area contributed by atoms with Crippen molar-refractivity contribution >= 4 is 0 Å². The smallest absolute Gasteiger partial charge is 0.217 e. The number of hydrogen-bond donors (Lipinski definition) is 0. The number of nitrogens with zero attached hydrogens (tertiary/aromatic N) is 3. The molecule has 0 saturated carbocycles. The molecule has 2 heterocycles. The van der Waals surface area contributed by atoms with Crippen LogP contribution in [0.5, 0.6) is 11.6 Å². The molecule has 0 N–H and O–H groups in total. The van der Waals surface area contributed by atoms with E-state index in [1.807, 2.05) is 49.4 Å². The second-order valence-electron chi connectivity index (χ2n) is 5.01. The highest BCUT2D eigenvalue weighted by molar-refractivity contribution is 5.64. The molecule has 0 radical (unpaired) electrons. The van der Waals surface area contributed by atoms with Crippen molar-refractivity contribution in [1.82, 2.24) is 15.0 Å². The molecule has 0 bridgehead atoms. The number of rotatable bonds is 4. The molecule has 0 unspecified atom stereocenters. The van der Waals surface area contributed by atoms with Crippen LogP contribution in [0, 0.1) is 6.92 Å². The highest BCUT2D eigenvalue weighted by atomic mass is 16.5. The van der Waals surface area contributed by atoms with Crippen molar-refractivity contribution in [3.05, 3.63) is 54.2 Å². The summed E-state index contributed by atoms with van der Waals surface area (Å²) in [6, 6.07) is 15.3. The second kappa shape index (κ2) is 6.44. The first-order valence-electron chi connectivity index (χ1n) is 7.21. The van der Waals surface area contributed by atoms with Crippen LogP contribution in [0.2, 0.25) is 0 Å².